The van der Waals surface area contributed by atoms with E-state index in [-0.39, 0.29) is 11.2 Å². The van der Waals surface area contributed by atoms with Gasteiger partial charge in [-0.1, -0.05) is 86.1 Å². The quantitative estimate of drug-likeness (QED) is 0.310. The molecule has 0 aliphatic carbocycles. The smallest absolute Gasteiger partial charge is 0.242 e. The van der Waals surface area contributed by atoms with Crippen LogP contribution in [0.1, 0.15) is 37.3 Å². The first kappa shape index (κ1) is 23.1. The Bertz CT molecular complexity index is 1160. The zero-order chi connectivity index (χ0) is 23.2. The van der Waals surface area contributed by atoms with Gasteiger partial charge in [-0.05, 0) is 40.5 Å². The van der Waals surface area contributed by atoms with Crippen LogP contribution in [-0.4, -0.2) is 41.5 Å². The van der Waals surface area contributed by atoms with E-state index in [0.29, 0.717) is 11.7 Å². The van der Waals surface area contributed by atoms with Crippen LogP contribution in [0.5, 0.6) is 0 Å². The molecule has 0 unspecified atom stereocenters. The summed E-state index contributed by atoms with van der Waals surface area (Å²) >= 11 is 1.54. The van der Waals surface area contributed by atoms with Crippen LogP contribution in [-0.2, 0) is 11.3 Å². The molecular formula is C27H30N4OS. The van der Waals surface area contributed by atoms with Crippen molar-refractivity contribution in [2.45, 2.75) is 38.0 Å². The molecule has 33 heavy (non-hydrogen) atoms. The van der Waals surface area contributed by atoms with Crippen LogP contribution >= 0.6 is 11.8 Å². The first-order valence-corrected chi connectivity index (χ1v) is 12.3. The highest BCUT2D eigenvalue weighted by atomic mass is 32.2. The Morgan fingerprint density at radius 1 is 1.03 bits per heavy atom. The van der Waals surface area contributed by atoms with Crippen LogP contribution in [0.4, 0.5) is 5.69 Å². The van der Waals surface area contributed by atoms with Crippen LogP contribution in [0.25, 0.3) is 10.8 Å². The van der Waals surface area contributed by atoms with Crippen molar-refractivity contribution in [2.75, 3.05) is 19.0 Å². The molecule has 3 aromatic rings. The molecule has 0 N–H and O–H groups in total. The van der Waals surface area contributed by atoms with Crippen molar-refractivity contribution < 1.29 is 4.79 Å². The molecule has 1 fully saturated rings. The van der Waals surface area contributed by atoms with Crippen molar-refractivity contribution in [1.29, 1.82) is 0 Å². The maximum Gasteiger partial charge on any atom is 0.242 e. The molecule has 1 atom stereocenters. The van der Waals surface area contributed by atoms with E-state index < -0.39 is 0 Å². The molecule has 0 spiro atoms. The van der Waals surface area contributed by atoms with E-state index in [9.17, 15) is 4.79 Å². The number of nitrogens with zero attached hydrogens (tertiary/aromatic N) is 4. The first-order valence-electron chi connectivity index (χ1n) is 11.4. The van der Waals surface area contributed by atoms with Crippen molar-refractivity contribution in [1.82, 2.24) is 4.90 Å². The van der Waals surface area contributed by atoms with E-state index in [1.165, 1.54) is 22.5 Å². The number of amidine groups is 1. The lowest BCUT2D eigenvalue weighted by atomic mass is 10.0. The number of rotatable bonds is 8. The van der Waals surface area contributed by atoms with Gasteiger partial charge < -0.3 is 4.90 Å². The zero-order valence-corrected chi connectivity index (χ0v) is 20.3. The van der Waals surface area contributed by atoms with Crippen LogP contribution in [0.3, 0.4) is 0 Å². The van der Waals surface area contributed by atoms with Crippen molar-refractivity contribution >= 4 is 45.5 Å². The molecule has 0 radical (unpaired) electrons. The fourth-order valence-corrected chi connectivity index (χ4v) is 5.05. The first-order chi connectivity index (χ1) is 16.1. The largest absolute Gasteiger partial charge is 0.378 e. The van der Waals surface area contributed by atoms with Crippen LogP contribution < -0.4 is 4.90 Å². The summed E-state index contributed by atoms with van der Waals surface area (Å²) in [6.07, 6.45) is 4.70. The molecule has 5 nitrogen and oxygen atoms in total. The average molecular weight is 459 g/mol. The molecule has 1 amide bonds. The van der Waals surface area contributed by atoms with Gasteiger partial charge in [-0.25, -0.2) is 0 Å². The Kier molecular flexibility index (Phi) is 7.45. The topological polar surface area (TPSA) is 48.3 Å². The van der Waals surface area contributed by atoms with Crippen LogP contribution in [0, 0.1) is 0 Å². The van der Waals surface area contributed by atoms with E-state index in [1.54, 1.807) is 11.1 Å². The van der Waals surface area contributed by atoms with Crippen molar-refractivity contribution in [3.05, 3.63) is 77.9 Å². The Hall–Kier alpha value is -3.12. The maximum absolute atomic E-state index is 13.3. The minimum Gasteiger partial charge on any atom is -0.378 e. The van der Waals surface area contributed by atoms with Crippen LogP contribution in [0.2, 0.25) is 0 Å². The number of thioether (sulfide) groups is 1. The molecule has 1 heterocycles. The second kappa shape index (κ2) is 10.7. The molecule has 170 valence electrons. The van der Waals surface area contributed by atoms with E-state index >= 15 is 0 Å². The summed E-state index contributed by atoms with van der Waals surface area (Å²) < 4.78 is 0. The molecule has 0 bridgehead atoms. The van der Waals surface area contributed by atoms with Gasteiger partial charge >= 0.3 is 0 Å². The zero-order valence-electron chi connectivity index (χ0n) is 19.4. The van der Waals surface area contributed by atoms with E-state index in [4.69, 9.17) is 0 Å². The fourth-order valence-electron chi connectivity index (χ4n) is 3.91. The predicted octanol–water partition coefficient (Wildman–Crippen LogP) is 5.93. The SMILES string of the molecule is CCCC[C@@H]1S/C(=N/N=C\c2ccc(N(C)C)cc2)N(Cc2cccc3ccccc23)C1=O. The lowest BCUT2D eigenvalue weighted by Gasteiger charge is -2.17. The number of benzene rings is 3. The molecular weight excluding hydrogens is 428 g/mol. The number of amides is 1. The van der Waals surface area contributed by atoms with E-state index in [2.05, 4.69) is 58.4 Å². The Morgan fingerprint density at radius 2 is 1.79 bits per heavy atom. The minimum absolute atomic E-state index is 0.0896. The third kappa shape index (κ3) is 5.45. The Morgan fingerprint density at radius 3 is 2.55 bits per heavy atom. The summed E-state index contributed by atoms with van der Waals surface area (Å²) in [5.74, 6) is 0.130. The number of carbonyl (C=O) groups is 1. The van der Waals surface area contributed by atoms with Gasteiger partial charge in [-0.15, -0.1) is 5.10 Å². The number of anilines is 1. The molecule has 0 saturated carbocycles. The van der Waals surface area contributed by atoms with Crippen molar-refractivity contribution in [3.8, 4) is 0 Å². The third-order valence-electron chi connectivity index (χ3n) is 5.81. The van der Waals surface area contributed by atoms with E-state index in [0.717, 1.165) is 36.1 Å². The Labute approximate surface area is 200 Å². The number of fused-ring (bicyclic) bond motifs is 1. The number of hydrogen-bond donors (Lipinski definition) is 0. The minimum atomic E-state index is -0.0896. The summed E-state index contributed by atoms with van der Waals surface area (Å²) in [5.41, 5.74) is 3.23. The van der Waals surface area contributed by atoms with Gasteiger partial charge in [0, 0.05) is 19.8 Å². The summed E-state index contributed by atoms with van der Waals surface area (Å²) in [5, 5.41) is 11.7. The number of unbranched alkanes of at least 4 members (excludes halogenated alkanes) is 1. The highest BCUT2D eigenvalue weighted by Gasteiger charge is 2.37. The molecule has 0 aromatic heterocycles. The lowest BCUT2D eigenvalue weighted by molar-refractivity contribution is -0.126. The normalized spacial score (nSPS) is 17.5. The number of hydrogen-bond acceptors (Lipinski definition) is 5. The predicted molar refractivity (Wildman–Crippen MR) is 141 cm³/mol. The summed E-state index contributed by atoms with van der Waals surface area (Å²) in [6, 6.07) is 22.7. The third-order valence-corrected chi connectivity index (χ3v) is 7.04. The average Bonchev–Trinajstić information content (AvgIpc) is 3.12. The molecule has 6 heteroatoms. The molecule has 1 aliphatic heterocycles. The Balaban J connectivity index is 1.58. The lowest BCUT2D eigenvalue weighted by Crippen LogP contribution is -2.31. The van der Waals surface area contributed by atoms with Gasteiger partial charge in [0.2, 0.25) is 5.91 Å². The van der Waals surface area contributed by atoms with Gasteiger partial charge in [0.15, 0.2) is 5.17 Å². The highest BCUT2D eigenvalue weighted by Crippen LogP contribution is 2.33. The van der Waals surface area contributed by atoms with Crippen molar-refractivity contribution in [3.63, 3.8) is 0 Å². The van der Waals surface area contributed by atoms with E-state index in [1.807, 2.05) is 44.4 Å². The number of carbonyl (C=O) groups excluding carboxylic acids is 1. The van der Waals surface area contributed by atoms with Gasteiger partial charge in [-0.3, -0.25) is 9.69 Å². The maximum atomic E-state index is 13.3. The summed E-state index contributed by atoms with van der Waals surface area (Å²) in [4.78, 5) is 17.1. The summed E-state index contributed by atoms with van der Waals surface area (Å²) in [6.45, 7) is 2.65. The molecule has 4 rings (SSSR count). The second-order valence-electron chi connectivity index (χ2n) is 8.42. The van der Waals surface area contributed by atoms with Gasteiger partial charge in [0.25, 0.3) is 0 Å². The standard InChI is InChI=1S/C27H30N4OS/c1-4-5-13-25-26(32)31(19-22-11-8-10-21-9-6-7-12-24(21)22)27(33-25)29-28-18-20-14-16-23(17-15-20)30(2)3/h6-12,14-18,25H,4-5,13,19H2,1-3H3/b28-18-,29-27+/t25-/m0/s1. The fraction of sp³-hybridized carbons (Fsp3) is 0.296. The monoisotopic (exact) mass is 458 g/mol. The summed E-state index contributed by atoms with van der Waals surface area (Å²) in [7, 11) is 4.03. The van der Waals surface area contributed by atoms with Gasteiger partial charge in [-0.2, -0.15) is 5.10 Å². The highest BCUT2D eigenvalue weighted by molar-refractivity contribution is 8.15. The van der Waals surface area contributed by atoms with Gasteiger partial charge in [0.05, 0.1) is 18.0 Å². The van der Waals surface area contributed by atoms with Crippen molar-refractivity contribution in [2.24, 2.45) is 10.2 Å². The molecule has 1 saturated heterocycles. The van der Waals surface area contributed by atoms with Gasteiger partial charge in [0.1, 0.15) is 0 Å². The second-order valence-corrected chi connectivity index (χ2v) is 9.59. The molecule has 3 aromatic carbocycles. The molecule has 1 aliphatic rings. The van der Waals surface area contributed by atoms with Crippen LogP contribution in [0.15, 0.2) is 76.9 Å².